The maximum absolute atomic E-state index is 11.0. The molecule has 0 radical (unpaired) electrons. The predicted octanol–water partition coefficient (Wildman–Crippen LogP) is 1.54. The van der Waals surface area contributed by atoms with Crippen molar-refractivity contribution in [1.29, 1.82) is 0 Å². The Hall–Kier alpha value is -1.07. The van der Waals surface area contributed by atoms with Gasteiger partial charge in [-0.15, -0.1) is 0 Å². The van der Waals surface area contributed by atoms with Gasteiger partial charge in [-0.1, -0.05) is 13.0 Å². The van der Waals surface area contributed by atoms with Crippen molar-refractivity contribution in [3.63, 3.8) is 0 Å². The molecule has 4 nitrogen and oxygen atoms in total. The van der Waals surface area contributed by atoms with Crippen LogP contribution in [-0.4, -0.2) is 20.0 Å². The van der Waals surface area contributed by atoms with Crippen molar-refractivity contribution in [1.82, 2.24) is 0 Å². The first-order valence-electron chi connectivity index (χ1n) is 4.27. The van der Waals surface area contributed by atoms with Crippen molar-refractivity contribution in [2.45, 2.75) is 18.2 Å². The minimum absolute atomic E-state index is 0.0214. The van der Waals surface area contributed by atoms with Gasteiger partial charge < -0.3 is 5.32 Å². The molecule has 0 bridgehead atoms. The number of anilines is 1. The Morgan fingerprint density at radius 3 is 2.50 bits per heavy atom. The zero-order valence-corrected chi connectivity index (χ0v) is 8.93. The van der Waals surface area contributed by atoms with E-state index < -0.39 is 10.1 Å². The van der Waals surface area contributed by atoms with Gasteiger partial charge in [-0.05, 0) is 24.1 Å². The topological polar surface area (TPSA) is 66.4 Å². The van der Waals surface area contributed by atoms with Gasteiger partial charge in [0.1, 0.15) is 0 Å². The van der Waals surface area contributed by atoms with Crippen molar-refractivity contribution in [2.75, 3.05) is 12.4 Å². The highest BCUT2D eigenvalue weighted by atomic mass is 32.2. The van der Waals surface area contributed by atoms with E-state index >= 15 is 0 Å². The van der Waals surface area contributed by atoms with Crippen LogP contribution in [0.2, 0.25) is 0 Å². The fourth-order valence-electron chi connectivity index (χ4n) is 1.24. The number of aryl methyl sites for hydroxylation is 1. The summed E-state index contributed by atoms with van der Waals surface area (Å²) in [7, 11) is -2.43. The molecule has 0 unspecified atom stereocenters. The summed E-state index contributed by atoms with van der Waals surface area (Å²) in [6, 6.07) is 4.89. The van der Waals surface area contributed by atoms with Crippen molar-refractivity contribution in [3.8, 4) is 0 Å². The molecule has 0 heterocycles. The summed E-state index contributed by atoms with van der Waals surface area (Å²) >= 11 is 0. The van der Waals surface area contributed by atoms with Crippen LogP contribution < -0.4 is 5.32 Å². The highest BCUT2D eigenvalue weighted by Gasteiger charge is 2.14. The summed E-state index contributed by atoms with van der Waals surface area (Å²) in [6.45, 7) is 1.84. The van der Waals surface area contributed by atoms with Gasteiger partial charge in [0.05, 0.1) is 4.90 Å². The maximum Gasteiger partial charge on any atom is 0.294 e. The van der Waals surface area contributed by atoms with Gasteiger partial charge >= 0.3 is 0 Å². The smallest absolute Gasteiger partial charge is 0.294 e. The Labute approximate surface area is 83.7 Å². The fraction of sp³-hybridized carbons (Fsp3) is 0.333. The lowest BCUT2D eigenvalue weighted by Crippen LogP contribution is -2.03. The van der Waals surface area contributed by atoms with Gasteiger partial charge in [0.2, 0.25) is 0 Å². The lowest BCUT2D eigenvalue weighted by atomic mass is 10.1. The second kappa shape index (κ2) is 3.98. The predicted molar refractivity (Wildman–Crippen MR) is 55.2 cm³/mol. The van der Waals surface area contributed by atoms with Crippen LogP contribution in [0.4, 0.5) is 5.69 Å². The molecular weight excluding hydrogens is 202 g/mol. The Balaban J connectivity index is 3.37. The number of hydrogen-bond donors (Lipinski definition) is 2. The molecule has 0 saturated heterocycles. The molecule has 1 rings (SSSR count). The SMILES string of the molecule is CCc1ccc(NC)cc1S(=O)(=O)O. The average Bonchev–Trinajstić information content (AvgIpc) is 2.15. The van der Waals surface area contributed by atoms with E-state index in [9.17, 15) is 8.42 Å². The van der Waals surface area contributed by atoms with E-state index in [2.05, 4.69) is 5.32 Å². The molecule has 0 aliphatic carbocycles. The Bertz CT molecular complexity index is 426. The number of rotatable bonds is 3. The lowest BCUT2D eigenvalue weighted by molar-refractivity contribution is 0.482. The third-order valence-electron chi connectivity index (χ3n) is 2.01. The van der Waals surface area contributed by atoms with Crippen molar-refractivity contribution in [2.24, 2.45) is 0 Å². The first-order chi connectivity index (χ1) is 6.49. The van der Waals surface area contributed by atoms with Gasteiger partial charge in [0, 0.05) is 12.7 Å². The second-order valence-electron chi connectivity index (χ2n) is 2.90. The number of benzene rings is 1. The van der Waals surface area contributed by atoms with Crippen LogP contribution in [0.1, 0.15) is 12.5 Å². The van der Waals surface area contributed by atoms with E-state index in [-0.39, 0.29) is 4.90 Å². The summed E-state index contributed by atoms with van der Waals surface area (Å²) in [5.74, 6) is 0. The van der Waals surface area contributed by atoms with Crippen molar-refractivity contribution < 1.29 is 13.0 Å². The standard InChI is InChI=1S/C9H13NO3S/c1-3-7-4-5-8(10-2)6-9(7)14(11,12)13/h4-6,10H,3H2,1-2H3,(H,11,12,13). The van der Waals surface area contributed by atoms with Crippen LogP contribution in [0.25, 0.3) is 0 Å². The molecule has 0 saturated carbocycles. The molecule has 5 heteroatoms. The van der Waals surface area contributed by atoms with E-state index in [0.717, 1.165) is 0 Å². The molecule has 78 valence electrons. The van der Waals surface area contributed by atoms with E-state index in [1.54, 1.807) is 19.2 Å². The van der Waals surface area contributed by atoms with Crippen LogP contribution in [0.3, 0.4) is 0 Å². The molecule has 14 heavy (non-hydrogen) atoms. The Morgan fingerprint density at radius 2 is 2.07 bits per heavy atom. The zero-order chi connectivity index (χ0) is 10.8. The number of nitrogens with one attached hydrogen (secondary N) is 1. The van der Waals surface area contributed by atoms with E-state index in [1.165, 1.54) is 6.07 Å². The quantitative estimate of drug-likeness (QED) is 0.750. The largest absolute Gasteiger partial charge is 0.388 e. The summed E-state index contributed by atoms with van der Waals surface area (Å²) in [4.78, 5) is -0.0214. The van der Waals surface area contributed by atoms with Crippen LogP contribution in [-0.2, 0) is 16.5 Å². The van der Waals surface area contributed by atoms with Gasteiger partial charge in [-0.25, -0.2) is 0 Å². The molecule has 0 spiro atoms. The molecule has 0 aromatic heterocycles. The molecule has 0 amide bonds. The fourth-order valence-corrected chi connectivity index (χ4v) is 2.06. The van der Waals surface area contributed by atoms with Crippen LogP contribution >= 0.6 is 0 Å². The molecule has 0 fully saturated rings. The average molecular weight is 215 g/mol. The van der Waals surface area contributed by atoms with Gasteiger partial charge in [0.25, 0.3) is 10.1 Å². The number of hydrogen-bond acceptors (Lipinski definition) is 3. The van der Waals surface area contributed by atoms with E-state index in [0.29, 0.717) is 17.7 Å². The molecule has 0 aliphatic heterocycles. The Morgan fingerprint density at radius 1 is 1.43 bits per heavy atom. The van der Waals surface area contributed by atoms with Crippen LogP contribution in [0, 0.1) is 0 Å². The van der Waals surface area contributed by atoms with Crippen molar-refractivity contribution >= 4 is 15.8 Å². The maximum atomic E-state index is 11.0. The van der Waals surface area contributed by atoms with Gasteiger partial charge in [-0.2, -0.15) is 8.42 Å². The summed E-state index contributed by atoms with van der Waals surface area (Å²) in [5, 5.41) is 2.82. The van der Waals surface area contributed by atoms with Crippen molar-refractivity contribution in [3.05, 3.63) is 23.8 Å². The van der Waals surface area contributed by atoms with E-state index in [1.807, 2.05) is 6.92 Å². The highest BCUT2D eigenvalue weighted by molar-refractivity contribution is 7.85. The van der Waals surface area contributed by atoms with E-state index in [4.69, 9.17) is 4.55 Å². The summed E-state index contributed by atoms with van der Waals surface area (Å²) < 4.78 is 31.0. The monoisotopic (exact) mass is 215 g/mol. The first kappa shape index (κ1) is 11.0. The molecule has 1 aromatic carbocycles. The Kier molecular flexibility index (Phi) is 3.13. The molecule has 1 aromatic rings. The summed E-state index contributed by atoms with van der Waals surface area (Å²) in [6.07, 6.45) is 0.569. The summed E-state index contributed by atoms with van der Waals surface area (Å²) in [5.41, 5.74) is 1.28. The molecule has 2 N–H and O–H groups in total. The molecule has 0 atom stereocenters. The highest BCUT2D eigenvalue weighted by Crippen LogP contribution is 2.20. The lowest BCUT2D eigenvalue weighted by Gasteiger charge is -2.07. The van der Waals surface area contributed by atoms with Gasteiger partial charge in [-0.3, -0.25) is 4.55 Å². The third-order valence-corrected chi connectivity index (χ3v) is 2.95. The zero-order valence-electron chi connectivity index (χ0n) is 8.11. The van der Waals surface area contributed by atoms with Gasteiger partial charge in [0.15, 0.2) is 0 Å². The molecule has 0 aliphatic rings. The first-order valence-corrected chi connectivity index (χ1v) is 5.71. The normalized spacial score (nSPS) is 11.4. The second-order valence-corrected chi connectivity index (χ2v) is 4.29. The van der Waals surface area contributed by atoms with Crippen LogP contribution in [0.15, 0.2) is 23.1 Å². The minimum atomic E-state index is -4.12. The molecular formula is C9H13NO3S. The third kappa shape index (κ3) is 2.24. The minimum Gasteiger partial charge on any atom is -0.388 e. The van der Waals surface area contributed by atoms with Crippen LogP contribution in [0.5, 0.6) is 0 Å².